The molecule has 0 spiro atoms. The molecule has 0 saturated carbocycles. The first-order valence-corrected chi connectivity index (χ1v) is 6.78. The van der Waals surface area contributed by atoms with E-state index in [1.165, 1.54) is 0 Å². The molecule has 1 fully saturated rings. The van der Waals surface area contributed by atoms with Crippen LogP contribution in [0.15, 0.2) is 23.8 Å². The summed E-state index contributed by atoms with van der Waals surface area (Å²) in [5.41, 5.74) is 0.645. The highest BCUT2D eigenvalue weighted by Crippen LogP contribution is 2.37. The Kier molecular flexibility index (Phi) is 3.83. The summed E-state index contributed by atoms with van der Waals surface area (Å²) in [6, 6.07) is 0. The molecule has 0 aromatic heterocycles. The van der Waals surface area contributed by atoms with E-state index in [1.54, 1.807) is 6.92 Å². The van der Waals surface area contributed by atoms with E-state index in [1.807, 2.05) is 6.92 Å². The first kappa shape index (κ1) is 14.3. The largest absolute Gasteiger partial charge is 0.513 e. The lowest BCUT2D eigenvalue weighted by Gasteiger charge is -2.28. The Labute approximate surface area is 113 Å². The molecule has 106 valence electrons. The number of rotatable bonds is 0. The van der Waals surface area contributed by atoms with Gasteiger partial charge in [0.1, 0.15) is 5.57 Å². The van der Waals surface area contributed by atoms with E-state index in [4.69, 9.17) is 4.74 Å². The lowest BCUT2D eigenvalue weighted by Crippen LogP contribution is -2.37. The maximum Gasteiger partial charge on any atom is 0.513 e. The lowest BCUT2D eigenvalue weighted by molar-refractivity contribution is -0.0221. The van der Waals surface area contributed by atoms with Crippen LogP contribution in [-0.2, 0) is 4.74 Å². The van der Waals surface area contributed by atoms with Gasteiger partial charge in [-0.15, -0.1) is 0 Å². The minimum Gasteiger partial charge on any atom is -0.392 e. The van der Waals surface area contributed by atoms with Crippen LogP contribution in [0.1, 0.15) is 39.5 Å². The second kappa shape index (κ2) is 5.10. The van der Waals surface area contributed by atoms with Gasteiger partial charge in [0.15, 0.2) is 0 Å². The summed E-state index contributed by atoms with van der Waals surface area (Å²) in [4.78, 5) is 9.69. The molecule has 2 unspecified atom stereocenters. The number of hydrogen-bond donors (Lipinski definition) is 2. The third kappa shape index (κ3) is 3.07. The number of fused-ring (bicyclic) bond motifs is 1. The monoisotopic (exact) mass is 267 g/mol. The zero-order valence-electron chi connectivity index (χ0n) is 11.6. The van der Waals surface area contributed by atoms with Gasteiger partial charge in [0.25, 0.3) is 0 Å². The van der Waals surface area contributed by atoms with Crippen molar-refractivity contribution in [3.8, 4) is 0 Å². The van der Waals surface area contributed by atoms with Crippen LogP contribution < -0.4 is 0 Å². The summed E-state index contributed by atoms with van der Waals surface area (Å²) in [6.45, 7) is 7.53. The fourth-order valence-corrected chi connectivity index (χ4v) is 3.01. The van der Waals surface area contributed by atoms with Crippen molar-refractivity contribution in [3.63, 3.8) is 0 Å². The fourth-order valence-electron chi connectivity index (χ4n) is 3.01. The van der Waals surface area contributed by atoms with Gasteiger partial charge in [0.2, 0.25) is 6.10 Å². The number of aliphatic hydroxyl groups excluding tert-OH is 1. The van der Waals surface area contributed by atoms with Gasteiger partial charge in [-0.1, -0.05) is 18.2 Å². The molecule has 19 heavy (non-hydrogen) atoms. The summed E-state index contributed by atoms with van der Waals surface area (Å²) < 4.78 is 5.38. The van der Waals surface area contributed by atoms with Crippen molar-refractivity contribution < 1.29 is 19.7 Å². The lowest BCUT2D eigenvalue weighted by atomic mass is 9.80. The van der Waals surface area contributed by atoms with Crippen molar-refractivity contribution in [2.45, 2.75) is 57.3 Å². The van der Waals surface area contributed by atoms with Crippen LogP contribution >= 0.6 is 0 Å². The molecule has 1 aliphatic heterocycles. The Bertz CT molecular complexity index is 422. The van der Waals surface area contributed by atoms with E-state index in [0.29, 0.717) is 24.8 Å². The molecule has 0 amide bonds. The average molecular weight is 267 g/mol. The average Bonchev–Trinajstić information content (AvgIpc) is 2.52. The Morgan fingerprint density at radius 1 is 1.53 bits per heavy atom. The van der Waals surface area contributed by atoms with Crippen LogP contribution in [0.2, 0.25) is 0 Å². The van der Waals surface area contributed by atoms with Crippen LogP contribution in [0.4, 0.5) is 0 Å². The van der Waals surface area contributed by atoms with Crippen molar-refractivity contribution in [3.05, 3.63) is 23.8 Å². The van der Waals surface area contributed by atoms with E-state index in [2.05, 4.69) is 12.7 Å². The van der Waals surface area contributed by atoms with Crippen molar-refractivity contribution in [2.75, 3.05) is 0 Å². The molecular formula is C15H23O4+. The molecule has 4 atom stereocenters. The second-order valence-corrected chi connectivity index (χ2v) is 6.07. The quantitative estimate of drug-likeness (QED) is 0.304. The van der Waals surface area contributed by atoms with Crippen molar-refractivity contribution in [1.82, 2.24) is 0 Å². The number of carbonyl (C=O) groups excluding carboxylic acids is 1. The predicted octanol–water partition coefficient (Wildman–Crippen LogP) is 1.69. The fraction of sp³-hybridized carbons (Fsp3) is 0.667. The summed E-state index contributed by atoms with van der Waals surface area (Å²) >= 11 is 0. The highest BCUT2D eigenvalue weighted by atomic mass is 16.6. The summed E-state index contributed by atoms with van der Waals surface area (Å²) in [7, 11) is 0. The van der Waals surface area contributed by atoms with Gasteiger partial charge in [-0.05, 0) is 33.1 Å². The normalized spacial score (nSPS) is 40.4. The highest BCUT2D eigenvalue weighted by Gasteiger charge is 2.51. The Balaban J connectivity index is 2.30. The minimum atomic E-state index is -0.873. The number of aliphatic hydroxyl groups is 2. The smallest absolute Gasteiger partial charge is 0.392 e. The third-order valence-corrected chi connectivity index (χ3v) is 4.10. The molecule has 2 aliphatic rings. The third-order valence-electron chi connectivity index (χ3n) is 4.10. The topological polar surface area (TPSA) is 71.1 Å². The predicted molar refractivity (Wildman–Crippen MR) is 73.3 cm³/mol. The van der Waals surface area contributed by atoms with Gasteiger partial charge in [0.05, 0.1) is 17.6 Å². The number of allylic oxidation sites excluding steroid dienone is 1. The van der Waals surface area contributed by atoms with Gasteiger partial charge in [-0.2, -0.15) is 0 Å². The maximum absolute atomic E-state index is 10.4. The van der Waals surface area contributed by atoms with Crippen LogP contribution in [0, 0.1) is 5.92 Å². The Morgan fingerprint density at radius 2 is 2.21 bits per heavy atom. The summed E-state index contributed by atoms with van der Waals surface area (Å²) in [5, 5.41) is 20.7. The van der Waals surface area contributed by atoms with Gasteiger partial charge in [0, 0.05) is 6.42 Å². The van der Waals surface area contributed by atoms with E-state index in [-0.39, 0.29) is 11.9 Å². The summed E-state index contributed by atoms with van der Waals surface area (Å²) in [6.07, 6.45) is 3.33. The SMILES string of the molecule is C=C1C(=[OH+])OC2C[C@](C)(O)CCC=C(C)C[C@H](O)C12. The Morgan fingerprint density at radius 3 is 2.89 bits per heavy atom. The van der Waals surface area contributed by atoms with E-state index in [0.717, 1.165) is 12.0 Å². The molecule has 1 aliphatic carbocycles. The van der Waals surface area contributed by atoms with Crippen LogP contribution in [0.3, 0.4) is 0 Å². The Hall–Kier alpha value is -1.13. The number of esters is 1. The first-order chi connectivity index (χ1) is 8.80. The van der Waals surface area contributed by atoms with Gasteiger partial charge in [-0.25, -0.2) is 0 Å². The molecule has 0 bridgehead atoms. The first-order valence-electron chi connectivity index (χ1n) is 6.78. The van der Waals surface area contributed by atoms with E-state index >= 15 is 0 Å². The molecule has 4 heteroatoms. The van der Waals surface area contributed by atoms with Gasteiger partial charge < -0.3 is 19.7 Å². The molecule has 4 nitrogen and oxygen atoms in total. The molecule has 1 heterocycles. The van der Waals surface area contributed by atoms with Crippen LogP contribution in [0.5, 0.6) is 0 Å². The number of ether oxygens (including phenoxy) is 1. The summed E-state index contributed by atoms with van der Waals surface area (Å²) in [5.74, 6) is -0.557. The standard InChI is InChI=1S/C15H22O4/c1-9-5-4-6-15(3,18)8-12-13(11(16)7-9)10(2)14(17)19-12/h5,11-13,16,18H,2,4,6-8H2,1,3H3/p+1/t11-,12?,13?,15+/m0/s1. The molecule has 1 saturated heterocycles. The zero-order valence-corrected chi connectivity index (χ0v) is 11.6. The minimum absolute atomic E-state index is 0.203. The molecule has 0 aromatic carbocycles. The maximum atomic E-state index is 10.4. The zero-order chi connectivity index (χ0) is 14.2. The van der Waals surface area contributed by atoms with E-state index in [9.17, 15) is 15.0 Å². The van der Waals surface area contributed by atoms with Gasteiger partial charge in [-0.3, -0.25) is 0 Å². The molecule has 0 radical (unpaired) electrons. The van der Waals surface area contributed by atoms with Crippen molar-refractivity contribution in [1.29, 1.82) is 0 Å². The van der Waals surface area contributed by atoms with Crippen molar-refractivity contribution >= 4 is 5.97 Å². The second-order valence-electron chi connectivity index (χ2n) is 6.07. The van der Waals surface area contributed by atoms with Crippen LogP contribution in [0.25, 0.3) is 0 Å². The van der Waals surface area contributed by atoms with E-state index < -0.39 is 17.8 Å². The van der Waals surface area contributed by atoms with Crippen LogP contribution in [-0.4, -0.2) is 38.8 Å². The van der Waals surface area contributed by atoms with Gasteiger partial charge >= 0.3 is 5.97 Å². The highest BCUT2D eigenvalue weighted by molar-refractivity contribution is 5.91. The van der Waals surface area contributed by atoms with Crippen molar-refractivity contribution in [2.24, 2.45) is 5.92 Å². The molecule has 0 aromatic rings. The molecule has 3 N–H and O–H groups in total. The number of hydrogen-bond acceptors (Lipinski definition) is 3. The molecule has 2 rings (SSSR count). The molecular weight excluding hydrogens is 244 g/mol.